The number of nitrogens with zero attached hydrogens (tertiary/aromatic N) is 2. The molecular formula is C10H17N3O. The molecule has 0 aromatic carbocycles. The molecule has 4 nitrogen and oxygen atoms in total. The summed E-state index contributed by atoms with van der Waals surface area (Å²) >= 11 is 0. The first-order valence-corrected chi connectivity index (χ1v) is 4.63. The lowest BCUT2D eigenvalue weighted by molar-refractivity contribution is 0.270. The smallest absolute Gasteiger partial charge is 0.152 e. The van der Waals surface area contributed by atoms with E-state index in [0.29, 0.717) is 5.69 Å². The zero-order valence-corrected chi connectivity index (χ0v) is 8.86. The molecule has 0 aliphatic heterocycles. The maximum atomic E-state index is 9.02. The maximum Gasteiger partial charge on any atom is 0.152 e. The third-order valence-electron chi connectivity index (χ3n) is 2.30. The topological polar surface area (TPSA) is 62.4 Å². The lowest BCUT2D eigenvalue weighted by atomic mass is 10.2. The molecule has 0 bridgehead atoms. The monoisotopic (exact) mass is 195 g/mol. The van der Waals surface area contributed by atoms with Gasteiger partial charge in [-0.05, 0) is 26.0 Å². The van der Waals surface area contributed by atoms with Crippen molar-refractivity contribution in [2.45, 2.75) is 19.9 Å². The highest BCUT2D eigenvalue weighted by Gasteiger charge is 2.12. The molecule has 0 saturated carbocycles. The van der Waals surface area contributed by atoms with Crippen molar-refractivity contribution in [1.82, 2.24) is 4.98 Å². The lowest BCUT2D eigenvalue weighted by Crippen LogP contribution is -2.33. The predicted molar refractivity (Wildman–Crippen MR) is 58.3 cm³/mol. The molecule has 4 heteroatoms. The number of likely N-dealkylation sites (N-methyl/N-ethyl adjacent to an activating group) is 1. The number of nitrogen functional groups attached to an aromatic ring is 1. The van der Waals surface area contributed by atoms with E-state index in [-0.39, 0.29) is 12.6 Å². The second-order valence-corrected chi connectivity index (χ2v) is 3.51. The van der Waals surface area contributed by atoms with E-state index in [9.17, 15) is 0 Å². The first-order chi connectivity index (χ1) is 6.56. The van der Waals surface area contributed by atoms with Gasteiger partial charge in [0.15, 0.2) is 5.82 Å². The highest BCUT2D eigenvalue weighted by molar-refractivity contribution is 5.62. The molecule has 0 aliphatic carbocycles. The minimum Gasteiger partial charge on any atom is -0.396 e. The van der Waals surface area contributed by atoms with Crippen molar-refractivity contribution in [2.24, 2.45) is 0 Å². The summed E-state index contributed by atoms with van der Waals surface area (Å²) in [4.78, 5) is 6.21. The van der Waals surface area contributed by atoms with Gasteiger partial charge in [-0.15, -0.1) is 0 Å². The third-order valence-corrected chi connectivity index (χ3v) is 2.30. The van der Waals surface area contributed by atoms with Gasteiger partial charge in [-0.25, -0.2) is 4.98 Å². The predicted octanol–water partition coefficient (Wildman–Crippen LogP) is 0.789. The quantitative estimate of drug-likeness (QED) is 0.748. The van der Waals surface area contributed by atoms with Crippen molar-refractivity contribution >= 4 is 11.5 Å². The Kier molecular flexibility index (Phi) is 3.30. The minimum atomic E-state index is 0.0200. The second-order valence-electron chi connectivity index (χ2n) is 3.51. The first-order valence-electron chi connectivity index (χ1n) is 4.63. The fourth-order valence-corrected chi connectivity index (χ4v) is 1.17. The Morgan fingerprint density at radius 2 is 2.21 bits per heavy atom. The third kappa shape index (κ3) is 2.14. The van der Waals surface area contributed by atoms with E-state index in [1.165, 1.54) is 0 Å². The average Bonchev–Trinajstić information content (AvgIpc) is 2.19. The SMILES string of the molecule is Cc1ccc(N)c(N(C)C(C)CO)n1. The van der Waals surface area contributed by atoms with Crippen LogP contribution in [0.15, 0.2) is 12.1 Å². The summed E-state index contributed by atoms with van der Waals surface area (Å²) in [6.07, 6.45) is 0. The van der Waals surface area contributed by atoms with Crippen molar-refractivity contribution in [3.63, 3.8) is 0 Å². The Labute approximate surface area is 84.4 Å². The van der Waals surface area contributed by atoms with E-state index in [1.54, 1.807) is 0 Å². The standard InChI is InChI=1S/C10H17N3O/c1-7-4-5-9(11)10(12-7)13(3)8(2)6-14/h4-5,8,14H,6,11H2,1-3H3. The van der Waals surface area contributed by atoms with Crippen LogP contribution in [0.4, 0.5) is 11.5 Å². The molecule has 0 saturated heterocycles. The molecule has 1 aromatic rings. The second kappa shape index (κ2) is 4.28. The van der Waals surface area contributed by atoms with Gasteiger partial charge in [-0.1, -0.05) is 0 Å². The molecule has 0 spiro atoms. The Balaban J connectivity index is 2.99. The number of hydrogen-bond acceptors (Lipinski definition) is 4. The van der Waals surface area contributed by atoms with Crippen molar-refractivity contribution in [2.75, 3.05) is 24.3 Å². The lowest BCUT2D eigenvalue weighted by Gasteiger charge is -2.25. The van der Waals surface area contributed by atoms with Crippen molar-refractivity contribution in [3.8, 4) is 0 Å². The number of rotatable bonds is 3. The Morgan fingerprint density at radius 3 is 2.79 bits per heavy atom. The number of nitrogens with two attached hydrogens (primary N) is 1. The Hall–Kier alpha value is -1.29. The van der Waals surface area contributed by atoms with Crippen molar-refractivity contribution in [1.29, 1.82) is 0 Å². The van der Waals surface area contributed by atoms with Gasteiger partial charge < -0.3 is 15.7 Å². The molecule has 1 atom stereocenters. The van der Waals surface area contributed by atoms with Crippen LogP contribution in [0.1, 0.15) is 12.6 Å². The van der Waals surface area contributed by atoms with E-state index < -0.39 is 0 Å². The molecule has 1 unspecified atom stereocenters. The molecule has 0 amide bonds. The summed E-state index contributed by atoms with van der Waals surface area (Å²) in [6.45, 7) is 3.93. The number of pyridine rings is 1. The number of aliphatic hydroxyl groups is 1. The molecule has 1 heterocycles. The number of anilines is 2. The van der Waals surface area contributed by atoms with E-state index >= 15 is 0 Å². The maximum absolute atomic E-state index is 9.02. The average molecular weight is 195 g/mol. The van der Waals surface area contributed by atoms with Crippen LogP contribution in [0.2, 0.25) is 0 Å². The molecule has 0 aliphatic rings. The Morgan fingerprint density at radius 1 is 1.57 bits per heavy atom. The zero-order valence-electron chi connectivity index (χ0n) is 8.86. The number of aliphatic hydroxyl groups excluding tert-OH is 1. The van der Waals surface area contributed by atoms with Gasteiger partial charge in [0.25, 0.3) is 0 Å². The molecule has 0 radical (unpaired) electrons. The summed E-state index contributed by atoms with van der Waals surface area (Å²) in [6, 6.07) is 3.72. The number of hydrogen-bond donors (Lipinski definition) is 2. The summed E-state index contributed by atoms with van der Waals surface area (Å²) in [5, 5.41) is 9.02. The molecule has 78 valence electrons. The van der Waals surface area contributed by atoms with Gasteiger partial charge in [0, 0.05) is 12.7 Å². The zero-order chi connectivity index (χ0) is 10.7. The van der Waals surface area contributed by atoms with Crippen LogP contribution in [0.5, 0.6) is 0 Å². The normalized spacial score (nSPS) is 12.6. The van der Waals surface area contributed by atoms with Crippen LogP contribution in [0.25, 0.3) is 0 Å². The van der Waals surface area contributed by atoms with E-state index in [1.807, 2.05) is 37.9 Å². The largest absolute Gasteiger partial charge is 0.396 e. The van der Waals surface area contributed by atoms with Gasteiger partial charge in [-0.3, -0.25) is 0 Å². The van der Waals surface area contributed by atoms with Crippen LogP contribution in [-0.4, -0.2) is 29.8 Å². The fourth-order valence-electron chi connectivity index (χ4n) is 1.17. The van der Waals surface area contributed by atoms with Gasteiger partial charge in [0.2, 0.25) is 0 Å². The van der Waals surface area contributed by atoms with Gasteiger partial charge in [0.1, 0.15) is 0 Å². The van der Waals surface area contributed by atoms with E-state index in [0.717, 1.165) is 11.5 Å². The van der Waals surface area contributed by atoms with Crippen molar-refractivity contribution in [3.05, 3.63) is 17.8 Å². The van der Waals surface area contributed by atoms with Gasteiger partial charge >= 0.3 is 0 Å². The molecule has 14 heavy (non-hydrogen) atoms. The van der Waals surface area contributed by atoms with Crippen molar-refractivity contribution < 1.29 is 5.11 Å². The van der Waals surface area contributed by atoms with Crippen LogP contribution in [-0.2, 0) is 0 Å². The van der Waals surface area contributed by atoms with Crippen LogP contribution in [0.3, 0.4) is 0 Å². The Bertz CT molecular complexity index is 314. The highest BCUT2D eigenvalue weighted by Crippen LogP contribution is 2.20. The summed E-state index contributed by atoms with van der Waals surface area (Å²) < 4.78 is 0. The number of aromatic nitrogens is 1. The minimum absolute atomic E-state index is 0.0200. The van der Waals surface area contributed by atoms with Crippen LogP contribution >= 0.6 is 0 Å². The number of aryl methyl sites for hydroxylation is 1. The van der Waals surface area contributed by atoms with Gasteiger partial charge in [0.05, 0.1) is 18.3 Å². The van der Waals surface area contributed by atoms with Gasteiger partial charge in [-0.2, -0.15) is 0 Å². The molecule has 1 aromatic heterocycles. The molecule has 3 N–H and O–H groups in total. The fraction of sp³-hybridized carbons (Fsp3) is 0.500. The summed E-state index contributed by atoms with van der Waals surface area (Å²) in [5.74, 6) is 0.728. The molecular weight excluding hydrogens is 178 g/mol. The van der Waals surface area contributed by atoms with Crippen LogP contribution < -0.4 is 10.6 Å². The van der Waals surface area contributed by atoms with E-state index in [4.69, 9.17) is 10.8 Å². The summed E-state index contributed by atoms with van der Waals surface area (Å²) in [7, 11) is 1.87. The van der Waals surface area contributed by atoms with E-state index in [2.05, 4.69) is 4.98 Å². The highest BCUT2D eigenvalue weighted by atomic mass is 16.3. The molecule has 0 fully saturated rings. The molecule has 1 rings (SSSR count). The summed E-state index contributed by atoms with van der Waals surface area (Å²) in [5.41, 5.74) is 7.36. The van der Waals surface area contributed by atoms with Crippen LogP contribution in [0, 0.1) is 6.92 Å². The first kappa shape index (κ1) is 10.8.